The summed E-state index contributed by atoms with van der Waals surface area (Å²) < 4.78 is 47.9. The Labute approximate surface area is 171 Å². The Bertz CT molecular complexity index is 720. The van der Waals surface area contributed by atoms with Crippen molar-refractivity contribution in [1.82, 2.24) is 15.4 Å². The summed E-state index contributed by atoms with van der Waals surface area (Å²) in [6.45, 7) is 6.74. The van der Waals surface area contributed by atoms with Crippen LogP contribution in [0, 0.1) is 13.8 Å². The minimum Gasteiger partial charge on any atom is -0.475 e. The first-order valence-corrected chi connectivity index (χ1v) is 9.42. The van der Waals surface area contributed by atoms with E-state index in [0.717, 1.165) is 42.9 Å². The van der Waals surface area contributed by atoms with Crippen LogP contribution in [0.15, 0.2) is 4.52 Å². The van der Waals surface area contributed by atoms with Crippen LogP contribution in [0.4, 0.5) is 13.2 Å². The summed E-state index contributed by atoms with van der Waals surface area (Å²) in [6, 6.07) is 0.293. The van der Waals surface area contributed by atoms with Crippen molar-refractivity contribution in [3.63, 3.8) is 0 Å². The normalized spacial score (nSPS) is 23.6. The number of nitrogens with one attached hydrogen (secondary N) is 1. The Hall–Kier alpha value is -2.18. The predicted octanol–water partition coefficient (Wildman–Crippen LogP) is 1.42. The van der Waals surface area contributed by atoms with Crippen LogP contribution in [0.3, 0.4) is 0 Å². The highest BCUT2D eigenvalue weighted by Gasteiger charge is 2.45. The molecule has 0 bridgehead atoms. The van der Waals surface area contributed by atoms with E-state index in [1.807, 2.05) is 13.8 Å². The van der Waals surface area contributed by atoms with Gasteiger partial charge in [-0.3, -0.25) is 9.69 Å². The average molecular weight is 437 g/mol. The van der Waals surface area contributed by atoms with Gasteiger partial charge in [-0.25, -0.2) is 4.79 Å². The van der Waals surface area contributed by atoms with Crippen LogP contribution in [0.2, 0.25) is 0 Å². The maximum atomic E-state index is 12.1. The third-order valence-corrected chi connectivity index (χ3v) is 5.08. The molecule has 0 radical (unpaired) electrons. The van der Waals surface area contributed by atoms with E-state index in [0.29, 0.717) is 19.2 Å². The molecular formula is C18H26F3N3O6. The highest BCUT2D eigenvalue weighted by molar-refractivity contribution is 5.81. The van der Waals surface area contributed by atoms with Gasteiger partial charge in [0.15, 0.2) is 0 Å². The first-order valence-electron chi connectivity index (χ1n) is 9.42. The van der Waals surface area contributed by atoms with Gasteiger partial charge in [0.25, 0.3) is 0 Å². The third-order valence-electron chi connectivity index (χ3n) is 5.08. The lowest BCUT2D eigenvalue weighted by molar-refractivity contribution is -0.192. The molecule has 1 aromatic rings. The second-order valence-electron chi connectivity index (χ2n) is 7.11. The molecule has 3 atom stereocenters. The van der Waals surface area contributed by atoms with Crippen molar-refractivity contribution in [2.24, 2.45) is 0 Å². The number of ether oxygens (including phenoxy) is 2. The molecule has 0 aromatic carbocycles. The summed E-state index contributed by atoms with van der Waals surface area (Å²) >= 11 is 0. The molecule has 170 valence electrons. The molecule has 0 unspecified atom stereocenters. The molecule has 2 fully saturated rings. The second kappa shape index (κ2) is 10.2. The fourth-order valence-electron chi connectivity index (χ4n) is 3.52. The SMILES string of the molecule is COCCNC(=O)[C@H]1C[C@H]2[C@H](CCN2Cc2c(C)noc2C)O1.O=C(O)C(F)(F)F. The van der Waals surface area contributed by atoms with E-state index in [-0.39, 0.29) is 18.1 Å². The number of halogens is 3. The molecule has 0 spiro atoms. The minimum absolute atomic E-state index is 0.0336. The monoisotopic (exact) mass is 437 g/mol. The predicted molar refractivity (Wildman–Crippen MR) is 96.6 cm³/mol. The number of methoxy groups -OCH3 is 1. The number of alkyl halides is 3. The Morgan fingerprint density at radius 2 is 2.03 bits per heavy atom. The van der Waals surface area contributed by atoms with Gasteiger partial charge in [0.2, 0.25) is 5.91 Å². The molecule has 3 heterocycles. The number of aryl methyl sites for hydroxylation is 2. The van der Waals surface area contributed by atoms with E-state index >= 15 is 0 Å². The Morgan fingerprint density at radius 1 is 1.37 bits per heavy atom. The van der Waals surface area contributed by atoms with Gasteiger partial charge in [-0.2, -0.15) is 13.2 Å². The highest BCUT2D eigenvalue weighted by Crippen LogP contribution is 2.34. The zero-order valence-electron chi connectivity index (χ0n) is 17.0. The number of hydrogen-bond donors (Lipinski definition) is 2. The lowest BCUT2D eigenvalue weighted by atomic mass is 10.1. The number of carboxylic acid groups (broad SMARTS) is 1. The van der Waals surface area contributed by atoms with Crippen molar-refractivity contribution in [1.29, 1.82) is 0 Å². The summed E-state index contributed by atoms with van der Waals surface area (Å²) in [5, 5.41) is 14.0. The number of carbonyl (C=O) groups is 2. The number of fused-ring (bicyclic) bond motifs is 1. The fourth-order valence-corrected chi connectivity index (χ4v) is 3.52. The number of amides is 1. The molecule has 1 aromatic heterocycles. The van der Waals surface area contributed by atoms with Gasteiger partial charge in [-0.05, 0) is 20.3 Å². The average Bonchev–Trinajstić information content (AvgIpc) is 3.33. The van der Waals surface area contributed by atoms with E-state index in [2.05, 4.69) is 15.4 Å². The summed E-state index contributed by atoms with van der Waals surface area (Å²) in [7, 11) is 1.62. The minimum atomic E-state index is -5.08. The van der Waals surface area contributed by atoms with E-state index in [1.165, 1.54) is 0 Å². The molecule has 2 saturated heterocycles. The quantitative estimate of drug-likeness (QED) is 0.643. The van der Waals surface area contributed by atoms with Crippen LogP contribution in [0.25, 0.3) is 0 Å². The van der Waals surface area contributed by atoms with Gasteiger partial charge < -0.3 is 24.4 Å². The number of aromatic nitrogens is 1. The van der Waals surface area contributed by atoms with Crippen molar-refractivity contribution in [3.05, 3.63) is 17.0 Å². The van der Waals surface area contributed by atoms with Gasteiger partial charge in [-0.1, -0.05) is 5.16 Å². The van der Waals surface area contributed by atoms with E-state index in [1.54, 1.807) is 7.11 Å². The summed E-state index contributed by atoms with van der Waals surface area (Å²) in [5.74, 6) is -1.92. The highest BCUT2D eigenvalue weighted by atomic mass is 19.4. The second-order valence-corrected chi connectivity index (χ2v) is 7.11. The molecule has 0 aliphatic carbocycles. The number of hydrogen-bond acceptors (Lipinski definition) is 7. The molecule has 2 aliphatic heterocycles. The smallest absolute Gasteiger partial charge is 0.475 e. The zero-order valence-corrected chi connectivity index (χ0v) is 17.0. The molecule has 1 amide bonds. The van der Waals surface area contributed by atoms with Gasteiger partial charge in [0.05, 0.1) is 18.4 Å². The third kappa shape index (κ3) is 6.16. The lowest BCUT2D eigenvalue weighted by Gasteiger charge is -2.22. The summed E-state index contributed by atoms with van der Waals surface area (Å²) in [5.41, 5.74) is 2.09. The number of likely N-dealkylation sites (tertiary alicyclic amines) is 1. The van der Waals surface area contributed by atoms with Gasteiger partial charge in [0.1, 0.15) is 11.9 Å². The van der Waals surface area contributed by atoms with Crippen molar-refractivity contribution >= 4 is 11.9 Å². The maximum absolute atomic E-state index is 12.1. The van der Waals surface area contributed by atoms with Crippen molar-refractivity contribution < 1.29 is 41.9 Å². The largest absolute Gasteiger partial charge is 0.490 e. The number of carbonyl (C=O) groups excluding carboxylic acids is 1. The Balaban J connectivity index is 0.000000396. The Kier molecular flexibility index (Phi) is 8.21. The number of aliphatic carboxylic acids is 1. The molecule has 30 heavy (non-hydrogen) atoms. The van der Waals surface area contributed by atoms with Gasteiger partial charge in [0, 0.05) is 44.8 Å². The van der Waals surface area contributed by atoms with Crippen molar-refractivity contribution in [2.45, 2.75) is 57.7 Å². The maximum Gasteiger partial charge on any atom is 0.490 e. The Morgan fingerprint density at radius 3 is 2.57 bits per heavy atom. The van der Waals surface area contributed by atoms with E-state index in [4.69, 9.17) is 23.9 Å². The molecule has 2 N–H and O–H groups in total. The van der Waals surface area contributed by atoms with Crippen LogP contribution >= 0.6 is 0 Å². The van der Waals surface area contributed by atoms with E-state index in [9.17, 15) is 18.0 Å². The van der Waals surface area contributed by atoms with Crippen molar-refractivity contribution in [2.75, 3.05) is 26.8 Å². The van der Waals surface area contributed by atoms with E-state index < -0.39 is 12.1 Å². The topological polar surface area (TPSA) is 114 Å². The molecule has 9 nitrogen and oxygen atoms in total. The van der Waals surface area contributed by atoms with Gasteiger partial charge in [-0.15, -0.1) is 0 Å². The van der Waals surface area contributed by atoms with Crippen LogP contribution in [-0.4, -0.2) is 78.3 Å². The van der Waals surface area contributed by atoms with Crippen LogP contribution in [0.5, 0.6) is 0 Å². The first-order chi connectivity index (χ1) is 14.0. The number of nitrogens with zero attached hydrogens (tertiary/aromatic N) is 2. The lowest BCUT2D eigenvalue weighted by Crippen LogP contribution is -2.37. The standard InChI is InChI=1S/C16H25N3O4.C2HF3O2/c1-10-12(11(2)23-18-10)9-19-6-4-14-13(19)8-15(22-14)16(20)17-5-7-21-3;3-2(4,5)1(6)7/h13-15H,4-9H2,1-3H3,(H,17,20);(H,6,7)/t13-,14-,15+;/m0./s1. The van der Waals surface area contributed by atoms with Gasteiger partial charge >= 0.3 is 12.1 Å². The summed E-state index contributed by atoms with van der Waals surface area (Å²) in [6.07, 6.45) is -3.58. The van der Waals surface area contributed by atoms with Crippen LogP contribution in [-0.2, 0) is 25.6 Å². The molecule has 3 rings (SSSR count). The number of carboxylic acids is 1. The van der Waals surface area contributed by atoms with Crippen LogP contribution < -0.4 is 5.32 Å². The molecular weight excluding hydrogens is 411 g/mol. The first kappa shape index (κ1) is 24.1. The fraction of sp³-hybridized carbons (Fsp3) is 0.722. The van der Waals surface area contributed by atoms with Crippen molar-refractivity contribution in [3.8, 4) is 0 Å². The molecule has 12 heteroatoms. The molecule has 0 saturated carbocycles. The zero-order chi connectivity index (χ0) is 22.5. The summed E-state index contributed by atoms with van der Waals surface area (Å²) in [4.78, 5) is 23.4. The molecule has 2 aliphatic rings. The van der Waals surface area contributed by atoms with Crippen LogP contribution in [0.1, 0.15) is 29.9 Å². The number of rotatable bonds is 6.